The van der Waals surface area contributed by atoms with Gasteiger partial charge in [0.15, 0.2) is 5.78 Å². The molecular formula is C17H20N4O2. The maximum Gasteiger partial charge on any atom is 0.266 e. The fourth-order valence-corrected chi connectivity index (χ4v) is 2.31. The number of likely N-dealkylation sites (N-methyl/N-ethyl adjacent to an activating group) is 1. The van der Waals surface area contributed by atoms with Gasteiger partial charge in [-0.1, -0.05) is 12.1 Å². The first-order valence-corrected chi connectivity index (χ1v) is 7.47. The van der Waals surface area contributed by atoms with E-state index in [1.807, 2.05) is 13.1 Å². The van der Waals surface area contributed by atoms with Crippen molar-refractivity contribution in [3.63, 3.8) is 0 Å². The molecule has 2 rings (SSSR count). The van der Waals surface area contributed by atoms with Crippen LogP contribution in [-0.2, 0) is 4.79 Å². The molecule has 6 nitrogen and oxygen atoms in total. The second kappa shape index (κ2) is 7.56. The Morgan fingerprint density at radius 2 is 1.96 bits per heavy atom. The minimum atomic E-state index is -0.268. The Balaban J connectivity index is 2.07. The third kappa shape index (κ3) is 4.41. The highest BCUT2D eigenvalue weighted by atomic mass is 16.2. The molecule has 1 aromatic carbocycles. The van der Waals surface area contributed by atoms with E-state index in [1.54, 1.807) is 29.2 Å². The van der Waals surface area contributed by atoms with Crippen molar-refractivity contribution in [2.24, 2.45) is 0 Å². The summed E-state index contributed by atoms with van der Waals surface area (Å²) in [4.78, 5) is 27.6. The zero-order chi connectivity index (χ0) is 16.8. The van der Waals surface area contributed by atoms with E-state index in [2.05, 4.69) is 10.2 Å². The predicted molar refractivity (Wildman–Crippen MR) is 87.8 cm³/mol. The number of hydrogen-bond donors (Lipinski definition) is 1. The Morgan fingerprint density at radius 3 is 2.57 bits per heavy atom. The van der Waals surface area contributed by atoms with Crippen molar-refractivity contribution in [3.05, 3.63) is 41.6 Å². The topological polar surface area (TPSA) is 76.4 Å². The van der Waals surface area contributed by atoms with Gasteiger partial charge >= 0.3 is 0 Å². The average Bonchev–Trinajstić information content (AvgIpc) is 2.56. The average molecular weight is 312 g/mol. The third-order valence-electron chi connectivity index (χ3n) is 3.79. The van der Waals surface area contributed by atoms with Crippen molar-refractivity contribution in [1.29, 1.82) is 5.26 Å². The quantitative estimate of drug-likeness (QED) is 0.518. The number of piperazine rings is 1. The van der Waals surface area contributed by atoms with Crippen molar-refractivity contribution in [1.82, 2.24) is 9.80 Å². The van der Waals surface area contributed by atoms with Crippen LogP contribution in [0.1, 0.15) is 17.3 Å². The molecule has 6 heteroatoms. The van der Waals surface area contributed by atoms with Crippen LogP contribution in [0.25, 0.3) is 0 Å². The SMILES string of the molecule is CC(=O)c1cccc(N/C=C(/C#N)C(=O)N2CCN(C)CC2)c1. The Bertz CT molecular complexity index is 667. The van der Waals surface area contributed by atoms with Crippen LogP contribution in [0.15, 0.2) is 36.0 Å². The monoisotopic (exact) mass is 312 g/mol. The molecule has 1 aliphatic heterocycles. The van der Waals surface area contributed by atoms with E-state index in [4.69, 9.17) is 0 Å². The van der Waals surface area contributed by atoms with Crippen molar-refractivity contribution in [2.75, 3.05) is 38.5 Å². The number of carbonyl (C=O) groups excluding carboxylic acids is 2. The number of hydrogen-bond acceptors (Lipinski definition) is 5. The van der Waals surface area contributed by atoms with Crippen LogP contribution in [0.4, 0.5) is 5.69 Å². The lowest BCUT2D eigenvalue weighted by molar-refractivity contribution is -0.128. The Kier molecular flexibility index (Phi) is 5.50. The van der Waals surface area contributed by atoms with E-state index in [1.165, 1.54) is 13.1 Å². The molecule has 0 aromatic heterocycles. The van der Waals surface area contributed by atoms with E-state index in [9.17, 15) is 14.9 Å². The van der Waals surface area contributed by atoms with E-state index in [-0.39, 0.29) is 17.3 Å². The molecule has 1 heterocycles. The first-order valence-electron chi connectivity index (χ1n) is 7.47. The number of nitrogens with one attached hydrogen (secondary N) is 1. The zero-order valence-corrected chi connectivity index (χ0v) is 13.4. The van der Waals surface area contributed by atoms with Crippen molar-refractivity contribution >= 4 is 17.4 Å². The Hall–Kier alpha value is -2.65. The molecule has 0 aliphatic carbocycles. The van der Waals surface area contributed by atoms with Crippen LogP contribution in [0.3, 0.4) is 0 Å². The number of nitriles is 1. The lowest BCUT2D eigenvalue weighted by Crippen LogP contribution is -2.47. The summed E-state index contributed by atoms with van der Waals surface area (Å²) in [6.07, 6.45) is 1.40. The number of nitrogens with zero attached hydrogens (tertiary/aromatic N) is 3. The van der Waals surface area contributed by atoms with E-state index in [0.717, 1.165) is 13.1 Å². The molecule has 0 saturated carbocycles. The Morgan fingerprint density at radius 1 is 1.26 bits per heavy atom. The van der Waals surface area contributed by atoms with Gasteiger partial charge in [0, 0.05) is 43.6 Å². The van der Waals surface area contributed by atoms with Gasteiger partial charge in [-0.05, 0) is 26.1 Å². The molecule has 1 aliphatic rings. The molecule has 1 aromatic rings. The summed E-state index contributed by atoms with van der Waals surface area (Å²) < 4.78 is 0. The second-order valence-electron chi connectivity index (χ2n) is 5.55. The van der Waals surface area contributed by atoms with Crippen LogP contribution < -0.4 is 5.32 Å². The van der Waals surface area contributed by atoms with E-state index < -0.39 is 0 Å². The first kappa shape index (κ1) is 16.7. The molecule has 1 saturated heterocycles. The summed E-state index contributed by atoms with van der Waals surface area (Å²) in [7, 11) is 2.01. The van der Waals surface area contributed by atoms with Gasteiger partial charge in [-0.25, -0.2) is 0 Å². The van der Waals surface area contributed by atoms with Crippen LogP contribution in [-0.4, -0.2) is 54.7 Å². The summed E-state index contributed by atoms with van der Waals surface area (Å²) >= 11 is 0. The lowest BCUT2D eigenvalue weighted by Gasteiger charge is -2.32. The van der Waals surface area contributed by atoms with Gasteiger partial charge in [-0.3, -0.25) is 9.59 Å². The molecule has 0 spiro atoms. The standard InChI is InChI=1S/C17H20N4O2/c1-13(22)14-4-3-5-16(10-14)19-12-15(11-18)17(23)21-8-6-20(2)7-9-21/h3-5,10,12,19H,6-9H2,1-2H3/b15-12-. The molecule has 1 N–H and O–H groups in total. The molecule has 120 valence electrons. The largest absolute Gasteiger partial charge is 0.360 e. The van der Waals surface area contributed by atoms with Gasteiger partial charge in [-0.2, -0.15) is 5.26 Å². The first-order chi connectivity index (χ1) is 11.0. The molecule has 0 bridgehead atoms. The predicted octanol–water partition coefficient (Wildman–Crippen LogP) is 1.48. The van der Waals surface area contributed by atoms with E-state index >= 15 is 0 Å². The molecule has 0 unspecified atom stereocenters. The summed E-state index contributed by atoms with van der Waals surface area (Å²) in [6.45, 7) is 4.34. The van der Waals surface area contributed by atoms with Gasteiger partial charge in [-0.15, -0.1) is 0 Å². The van der Waals surface area contributed by atoms with Crippen LogP contribution in [0, 0.1) is 11.3 Å². The number of benzene rings is 1. The number of anilines is 1. The number of ketones is 1. The van der Waals surface area contributed by atoms with Crippen molar-refractivity contribution < 1.29 is 9.59 Å². The van der Waals surface area contributed by atoms with E-state index in [0.29, 0.717) is 24.3 Å². The van der Waals surface area contributed by atoms with Gasteiger partial charge in [0.05, 0.1) is 0 Å². The molecule has 0 radical (unpaired) electrons. The maximum atomic E-state index is 12.4. The normalized spacial score (nSPS) is 15.9. The van der Waals surface area contributed by atoms with Gasteiger partial charge < -0.3 is 15.1 Å². The summed E-state index contributed by atoms with van der Waals surface area (Å²) in [5.41, 5.74) is 1.30. The molecule has 23 heavy (non-hydrogen) atoms. The smallest absolute Gasteiger partial charge is 0.266 e. The molecule has 1 fully saturated rings. The van der Waals surface area contributed by atoms with Gasteiger partial charge in [0.25, 0.3) is 5.91 Å². The maximum absolute atomic E-state index is 12.4. The number of Topliss-reactive ketones (excluding diaryl/α,β-unsaturated/α-hetero) is 1. The number of rotatable bonds is 4. The third-order valence-corrected chi connectivity index (χ3v) is 3.79. The summed E-state index contributed by atoms with van der Waals surface area (Å²) in [5.74, 6) is -0.303. The highest BCUT2D eigenvalue weighted by Crippen LogP contribution is 2.12. The fraction of sp³-hybridized carbons (Fsp3) is 0.353. The van der Waals surface area contributed by atoms with Crippen LogP contribution in [0.2, 0.25) is 0 Å². The lowest BCUT2D eigenvalue weighted by atomic mass is 10.1. The van der Waals surface area contributed by atoms with Crippen LogP contribution >= 0.6 is 0 Å². The van der Waals surface area contributed by atoms with Crippen molar-refractivity contribution in [2.45, 2.75) is 6.92 Å². The minimum Gasteiger partial charge on any atom is -0.360 e. The fourth-order valence-electron chi connectivity index (χ4n) is 2.31. The highest BCUT2D eigenvalue weighted by molar-refractivity contribution is 5.98. The molecule has 0 atom stereocenters. The number of carbonyl (C=O) groups is 2. The summed E-state index contributed by atoms with van der Waals surface area (Å²) in [5, 5.41) is 12.2. The highest BCUT2D eigenvalue weighted by Gasteiger charge is 2.22. The van der Waals surface area contributed by atoms with Gasteiger partial charge in [0.1, 0.15) is 11.6 Å². The summed E-state index contributed by atoms with van der Waals surface area (Å²) in [6, 6.07) is 8.88. The molecular weight excluding hydrogens is 292 g/mol. The zero-order valence-electron chi connectivity index (χ0n) is 13.4. The number of amides is 1. The van der Waals surface area contributed by atoms with Crippen molar-refractivity contribution in [3.8, 4) is 6.07 Å². The van der Waals surface area contributed by atoms with Crippen LogP contribution in [0.5, 0.6) is 0 Å². The molecule has 1 amide bonds. The Labute approximate surface area is 136 Å². The van der Waals surface area contributed by atoms with Gasteiger partial charge in [0.2, 0.25) is 0 Å². The second-order valence-corrected chi connectivity index (χ2v) is 5.55. The minimum absolute atomic E-state index is 0.0355.